The molecule has 0 aliphatic carbocycles. The third kappa shape index (κ3) is 5.60. The summed E-state index contributed by atoms with van der Waals surface area (Å²) in [5.41, 5.74) is 4.21. The Bertz CT molecular complexity index is 808. The number of non-ortho nitro benzene ring substituents is 1. The number of benzene rings is 1. The highest BCUT2D eigenvalue weighted by molar-refractivity contribution is 5.95. The number of nitrogens with one attached hydrogen (secondary N) is 1. The SMILES string of the molecule is CCCCN(CC)c1ccc([N+](=O)[O-])cc1/C=N/NC(=O)c1cccnc1. The maximum Gasteiger partial charge on any atom is 0.272 e. The van der Waals surface area contributed by atoms with Crippen molar-refractivity contribution in [1.82, 2.24) is 10.4 Å². The fourth-order valence-electron chi connectivity index (χ4n) is 2.57. The Labute approximate surface area is 158 Å². The second-order valence-electron chi connectivity index (χ2n) is 5.87. The molecule has 0 unspecified atom stereocenters. The molecule has 0 saturated carbocycles. The number of hydrogen-bond donors (Lipinski definition) is 1. The number of hydrazone groups is 1. The van der Waals surface area contributed by atoms with Gasteiger partial charge in [-0.2, -0.15) is 5.10 Å². The molecule has 0 atom stereocenters. The quantitative estimate of drug-likeness (QED) is 0.415. The van der Waals surface area contributed by atoms with Gasteiger partial charge in [0.2, 0.25) is 0 Å². The van der Waals surface area contributed by atoms with Gasteiger partial charge in [-0.05, 0) is 31.5 Å². The van der Waals surface area contributed by atoms with Crippen molar-refractivity contribution in [3.63, 3.8) is 0 Å². The zero-order valence-electron chi connectivity index (χ0n) is 15.5. The van der Waals surface area contributed by atoms with E-state index in [1.54, 1.807) is 24.4 Å². The first-order chi connectivity index (χ1) is 13.1. The van der Waals surface area contributed by atoms with Crippen LogP contribution in [0.5, 0.6) is 0 Å². The number of pyridine rings is 1. The number of amides is 1. The third-order valence-corrected chi connectivity index (χ3v) is 4.02. The summed E-state index contributed by atoms with van der Waals surface area (Å²) in [6.07, 6.45) is 6.51. The Balaban J connectivity index is 2.24. The fourth-order valence-corrected chi connectivity index (χ4v) is 2.57. The van der Waals surface area contributed by atoms with Crippen LogP contribution < -0.4 is 10.3 Å². The highest BCUT2D eigenvalue weighted by atomic mass is 16.6. The van der Waals surface area contributed by atoms with Gasteiger partial charge in [-0.1, -0.05) is 13.3 Å². The van der Waals surface area contributed by atoms with Gasteiger partial charge in [0.1, 0.15) is 0 Å². The molecule has 0 bridgehead atoms. The van der Waals surface area contributed by atoms with E-state index < -0.39 is 10.8 Å². The summed E-state index contributed by atoms with van der Waals surface area (Å²) in [4.78, 5) is 28.7. The molecule has 0 saturated heterocycles. The molecule has 8 nitrogen and oxygen atoms in total. The van der Waals surface area contributed by atoms with E-state index in [9.17, 15) is 14.9 Å². The molecule has 27 heavy (non-hydrogen) atoms. The predicted octanol–water partition coefficient (Wildman–Crippen LogP) is 3.38. The number of nitro benzene ring substituents is 1. The van der Waals surface area contributed by atoms with Crippen molar-refractivity contribution >= 4 is 23.5 Å². The third-order valence-electron chi connectivity index (χ3n) is 4.02. The zero-order chi connectivity index (χ0) is 19.6. The van der Waals surface area contributed by atoms with Crippen LogP contribution >= 0.6 is 0 Å². The Morgan fingerprint density at radius 1 is 1.37 bits per heavy atom. The van der Waals surface area contributed by atoms with E-state index >= 15 is 0 Å². The maximum atomic E-state index is 12.0. The molecule has 0 spiro atoms. The molecule has 1 heterocycles. The molecule has 0 aliphatic rings. The van der Waals surface area contributed by atoms with Crippen molar-refractivity contribution in [3.05, 3.63) is 64.0 Å². The number of unbranched alkanes of at least 4 members (excludes halogenated alkanes) is 1. The van der Waals surface area contributed by atoms with Crippen LogP contribution in [0.25, 0.3) is 0 Å². The average molecular weight is 369 g/mol. The van der Waals surface area contributed by atoms with Gasteiger partial charge in [0, 0.05) is 48.9 Å². The smallest absolute Gasteiger partial charge is 0.272 e. The van der Waals surface area contributed by atoms with Crippen LogP contribution in [0.15, 0.2) is 47.8 Å². The molecule has 142 valence electrons. The van der Waals surface area contributed by atoms with Crippen LogP contribution in [0.2, 0.25) is 0 Å². The zero-order valence-corrected chi connectivity index (χ0v) is 15.5. The first-order valence-corrected chi connectivity index (χ1v) is 8.83. The average Bonchev–Trinajstić information content (AvgIpc) is 2.69. The largest absolute Gasteiger partial charge is 0.371 e. The second kappa shape index (κ2) is 10.0. The molecule has 0 radical (unpaired) electrons. The molecule has 1 aromatic carbocycles. The second-order valence-corrected chi connectivity index (χ2v) is 5.87. The normalized spacial score (nSPS) is 10.7. The molecule has 2 aromatic rings. The van der Waals surface area contributed by atoms with E-state index in [1.165, 1.54) is 24.5 Å². The molecule has 0 aliphatic heterocycles. The van der Waals surface area contributed by atoms with Gasteiger partial charge in [-0.15, -0.1) is 0 Å². The van der Waals surface area contributed by atoms with Crippen LogP contribution in [0.3, 0.4) is 0 Å². The van der Waals surface area contributed by atoms with Crippen LogP contribution in [0.1, 0.15) is 42.6 Å². The van der Waals surface area contributed by atoms with Gasteiger partial charge >= 0.3 is 0 Å². The molecule has 2 rings (SSSR count). The number of rotatable bonds is 9. The van der Waals surface area contributed by atoms with E-state index in [0.29, 0.717) is 11.1 Å². The summed E-state index contributed by atoms with van der Waals surface area (Å²) >= 11 is 0. The van der Waals surface area contributed by atoms with Crippen LogP contribution in [0, 0.1) is 10.1 Å². The van der Waals surface area contributed by atoms with Gasteiger partial charge in [0.15, 0.2) is 0 Å². The summed E-state index contributed by atoms with van der Waals surface area (Å²) in [7, 11) is 0. The van der Waals surface area contributed by atoms with E-state index in [0.717, 1.165) is 31.6 Å². The Kier molecular flexibility index (Phi) is 7.42. The number of anilines is 1. The number of aromatic nitrogens is 1. The molecule has 1 aromatic heterocycles. The minimum Gasteiger partial charge on any atom is -0.371 e. The number of carbonyl (C=O) groups is 1. The molecule has 8 heteroatoms. The van der Waals surface area contributed by atoms with E-state index in [1.807, 2.05) is 6.92 Å². The van der Waals surface area contributed by atoms with Crippen LogP contribution in [-0.4, -0.2) is 35.1 Å². The van der Waals surface area contributed by atoms with Gasteiger partial charge in [0.05, 0.1) is 16.7 Å². The molecular formula is C19H23N5O3. The Morgan fingerprint density at radius 3 is 2.81 bits per heavy atom. The van der Waals surface area contributed by atoms with E-state index in [4.69, 9.17) is 0 Å². The number of hydrogen-bond acceptors (Lipinski definition) is 6. The highest BCUT2D eigenvalue weighted by Crippen LogP contribution is 2.24. The lowest BCUT2D eigenvalue weighted by Crippen LogP contribution is -2.25. The highest BCUT2D eigenvalue weighted by Gasteiger charge is 2.14. The summed E-state index contributed by atoms with van der Waals surface area (Å²) in [5, 5.41) is 15.1. The van der Waals surface area contributed by atoms with Crippen molar-refractivity contribution in [2.75, 3.05) is 18.0 Å². The minimum atomic E-state index is -0.447. The lowest BCUT2D eigenvalue weighted by molar-refractivity contribution is -0.384. The number of carbonyl (C=O) groups excluding carboxylic acids is 1. The lowest BCUT2D eigenvalue weighted by Gasteiger charge is -2.24. The lowest BCUT2D eigenvalue weighted by atomic mass is 10.1. The number of nitrogens with zero attached hydrogens (tertiary/aromatic N) is 4. The van der Waals surface area contributed by atoms with Crippen molar-refractivity contribution in [2.24, 2.45) is 5.10 Å². The van der Waals surface area contributed by atoms with Crippen LogP contribution in [0.4, 0.5) is 11.4 Å². The monoisotopic (exact) mass is 369 g/mol. The van der Waals surface area contributed by atoms with Gasteiger partial charge < -0.3 is 4.90 Å². The van der Waals surface area contributed by atoms with Crippen LogP contribution in [-0.2, 0) is 0 Å². The predicted molar refractivity (Wildman–Crippen MR) is 105 cm³/mol. The molecule has 1 N–H and O–H groups in total. The topological polar surface area (TPSA) is 101 Å². The first kappa shape index (κ1) is 20.0. The summed E-state index contributed by atoms with van der Waals surface area (Å²) in [5.74, 6) is -0.398. The van der Waals surface area contributed by atoms with Crippen molar-refractivity contribution in [2.45, 2.75) is 26.7 Å². The maximum absolute atomic E-state index is 12.0. The molecular weight excluding hydrogens is 346 g/mol. The fraction of sp³-hybridized carbons (Fsp3) is 0.316. The van der Waals surface area contributed by atoms with Gasteiger partial charge in [-0.25, -0.2) is 5.43 Å². The Hall–Kier alpha value is -3.29. The Morgan fingerprint density at radius 2 is 2.19 bits per heavy atom. The standard InChI is InChI=1S/C19H23N5O3/c1-3-5-11-23(4-2)18-9-8-17(24(26)27)12-16(18)14-21-22-19(25)15-7-6-10-20-13-15/h6-10,12-14H,3-5,11H2,1-2H3,(H,22,25)/b21-14+. The van der Waals surface area contributed by atoms with E-state index in [-0.39, 0.29) is 5.69 Å². The summed E-state index contributed by atoms with van der Waals surface area (Å²) < 4.78 is 0. The van der Waals surface area contributed by atoms with Crippen molar-refractivity contribution in [1.29, 1.82) is 0 Å². The van der Waals surface area contributed by atoms with E-state index in [2.05, 4.69) is 27.3 Å². The first-order valence-electron chi connectivity index (χ1n) is 8.83. The summed E-state index contributed by atoms with van der Waals surface area (Å²) in [6.45, 7) is 5.75. The number of nitro groups is 1. The van der Waals surface area contributed by atoms with Crippen molar-refractivity contribution < 1.29 is 9.72 Å². The summed E-state index contributed by atoms with van der Waals surface area (Å²) in [6, 6.07) is 7.95. The molecule has 0 fully saturated rings. The molecule has 1 amide bonds. The van der Waals surface area contributed by atoms with Gasteiger partial charge in [0.25, 0.3) is 11.6 Å². The van der Waals surface area contributed by atoms with Crippen molar-refractivity contribution in [3.8, 4) is 0 Å². The minimum absolute atomic E-state index is 0.0228. The van der Waals surface area contributed by atoms with Gasteiger partial charge in [-0.3, -0.25) is 19.9 Å².